The first kappa shape index (κ1) is 24.8. The van der Waals surface area contributed by atoms with Crippen LogP contribution in [0.3, 0.4) is 0 Å². The van der Waals surface area contributed by atoms with E-state index in [9.17, 15) is 4.79 Å². The molecule has 0 saturated carbocycles. The average molecular weight is 496 g/mol. The van der Waals surface area contributed by atoms with E-state index in [0.29, 0.717) is 38.5 Å². The van der Waals surface area contributed by atoms with E-state index in [0.717, 1.165) is 35.3 Å². The quantitative estimate of drug-likeness (QED) is 0.334. The van der Waals surface area contributed by atoms with Gasteiger partial charge < -0.3 is 14.8 Å². The first-order valence-corrected chi connectivity index (χ1v) is 12.9. The van der Waals surface area contributed by atoms with Crippen LogP contribution in [0.15, 0.2) is 91.3 Å². The number of hydrogen-bond donors (Lipinski definition) is 1. The fourth-order valence-corrected chi connectivity index (χ4v) is 5.05. The first-order chi connectivity index (χ1) is 18.2. The Kier molecular flexibility index (Phi) is 7.66. The van der Waals surface area contributed by atoms with Gasteiger partial charge in [0.1, 0.15) is 5.75 Å². The molecule has 1 saturated heterocycles. The van der Waals surface area contributed by atoms with Gasteiger partial charge in [0.25, 0.3) is 5.91 Å². The molecule has 1 aliphatic rings. The number of ether oxygens (including phenoxy) is 2. The molecule has 0 radical (unpaired) electrons. The molecular weight excluding hydrogens is 462 g/mol. The number of benzene rings is 3. The molecule has 1 aliphatic heterocycles. The van der Waals surface area contributed by atoms with Crippen molar-refractivity contribution in [2.75, 3.05) is 26.4 Å². The fourth-order valence-electron chi connectivity index (χ4n) is 5.05. The van der Waals surface area contributed by atoms with Crippen LogP contribution < -0.4 is 10.1 Å². The van der Waals surface area contributed by atoms with E-state index in [1.807, 2.05) is 60.3 Å². The van der Waals surface area contributed by atoms with E-state index in [-0.39, 0.29) is 11.3 Å². The van der Waals surface area contributed by atoms with Gasteiger partial charge in [-0.05, 0) is 66.3 Å². The van der Waals surface area contributed by atoms with Crippen molar-refractivity contribution in [1.29, 1.82) is 0 Å². The summed E-state index contributed by atoms with van der Waals surface area (Å²) < 4.78 is 13.2. The minimum atomic E-state index is -0.165. The van der Waals surface area contributed by atoms with Gasteiger partial charge in [-0.25, -0.2) is 0 Å². The van der Waals surface area contributed by atoms with Gasteiger partial charge in [0.05, 0.1) is 13.2 Å². The fraction of sp³-hybridized carbons (Fsp3) is 0.290. The second kappa shape index (κ2) is 11.4. The minimum absolute atomic E-state index is 0.0620. The second-order valence-electron chi connectivity index (χ2n) is 9.48. The zero-order chi connectivity index (χ0) is 25.5. The molecule has 0 bridgehead atoms. The Hall–Kier alpha value is -3.90. The van der Waals surface area contributed by atoms with Gasteiger partial charge in [-0.15, -0.1) is 0 Å². The molecule has 3 aromatic carbocycles. The van der Waals surface area contributed by atoms with Crippen molar-refractivity contribution in [3.63, 3.8) is 0 Å². The number of hydrogen-bond acceptors (Lipinski definition) is 4. The lowest BCUT2D eigenvalue weighted by atomic mass is 9.74. The Morgan fingerprint density at radius 2 is 1.76 bits per heavy atom. The zero-order valence-corrected chi connectivity index (χ0v) is 21.2. The van der Waals surface area contributed by atoms with Gasteiger partial charge in [0, 0.05) is 43.1 Å². The summed E-state index contributed by atoms with van der Waals surface area (Å²) in [5.74, 6) is 0.801. The van der Waals surface area contributed by atoms with Crippen LogP contribution in [0.5, 0.6) is 5.75 Å². The summed E-state index contributed by atoms with van der Waals surface area (Å²) in [6.45, 7) is 5.26. The number of nitrogens with one attached hydrogen (secondary N) is 1. The van der Waals surface area contributed by atoms with Crippen molar-refractivity contribution in [1.82, 2.24) is 15.1 Å². The average Bonchev–Trinajstić information content (AvgIpc) is 3.46. The summed E-state index contributed by atoms with van der Waals surface area (Å²) >= 11 is 0. The van der Waals surface area contributed by atoms with Crippen LogP contribution in [0.2, 0.25) is 0 Å². The smallest absolute Gasteiger partial charge is 0.251 e. The van der Waals surface area contributed by atoms with Crippen LogP contribution in [0.25, 0.3) is 11.1 Å². The van der Waals surface area contributed by atoms with Crippen LogP contribution in [0, 0.1) is 0 Å². The van der Waals surface area contributed by atoms with Crippen molar-refractivity contribution in [2.45, 2.75) is 31.7 Å². The van der Waals surface area contributed by atoms with E-state index in [1.54, 1.807) is 6.20 Å². The maximum atomic E-state index is 13.5. The van der Waals surface area contributed by atoms with Gasteiger partial charge in [-0.1, -0.05) is 54.6 Å². The maximum Gasteiger partial charge on any atom is 0.251 e. The van der Waals surface area contributed by atoms with Crippen molar-refractivity contribution in [3.05, 3.63) is 108 Å². The van der Waals surface area contributed by atoms with Gasteiger partial charge in [0.15, 0.2) is 0 Å². The summed E-state index contributed by atoms with van der Waals surface area (Å²) in [6, 6.07) is 26.3. The predicted molar refractivity (Wildman–Crippen MR) is 145 cm³/mol. The van der Waals surface area contributed by atoms with Crippen LogP contribution in [0.1, 0.15) is 41.3 Å². The molecule has 0 unspecified atom stereocenters. The maximum absolute atomic E-state index is 13.5. The SMILES string of the molecule is CCOc1ccc(C2(CNC(=O)c3ccccc3-c3ccc(Cn4cccn4)cc3)CCOCC2)cc1. The van der Waals surface area contributed by atoms with E-state index >= 15 is 0 Å². The zero-order valence-electron chi connectivity index (χ0n) is 21.2. The molecule has 6 heteroatoms. The van der Waals surface area contributed by atoms with Crippen molar-refractivity contribution >= 4 is 5.91 Å². The molecule has 1 amide bonds. The molecule has 37 heavy (non-hydrogen) atoms. The van der Waals surface area contributed by atoms with Crippen LogP contribution in [-0.4, -0.2) is 42.1 Å². The predicted octanol–water partition coefficient (Wildman–Crippen LogP) is 5.48. The van der Waals surface area contributed by atoms with E-state index in [1.165, 1.54) is 5.56 Å². The molecule has 0 atom stereocenters. The molecule has 190 valence electrons. The highest BCUT2D eigenvalue weighted by Gasteiger charge is 2.35. The largest absolute Gasteiger partial charge is 0.494 e. The number of nitrogens with zero attached hydrogens (tertiary/aromatic N) is 2. The highest BCUT2D eigenvalue weighted by Crippen LogP contribution is 2.35. The van der Waals surface area contributed by atoms with E-state index in [2.05, 4.69) is 46.8 Å². The third-order valence-electron chi connectivity index (χ3n) is 7.16. The first-order valence-electron chi connectivity index (χ1n) is 12.9. The van der Waals surface area contributed by atoms with Crippen molar-refractivity contribution < 1.29 is 14.3 Å². The summed E-state index contributed by atoms with van der Waals surface area (Å²) in [5, 5.41) is 7.54. The second-order valence-corrected chi connectivity index (χ2v) is 9.48. The van der Waals surface area contributed by atoms with Crippen LogP contribution >= 0.6 is 0 Å². The number of aromatic nitrogens is 2. The Morgan fingerprint density at radius 3 is 2.46 bits per heavy atom. The number of amides is 1. The van der Waals surface area contributed by atoms with Crippen LogP contribution in [0.4, 0.5) is 0 Å². The summed E-state index contributed by atoms with van der Waals surface area (Å²) in [4.78, 5) is 13.5. The number of rotatable bonds is 9. The van der Waals surface area contributed by atoms with Crippen molar-refractivity contribution in [2.24, 2.45) is 0 Å². The Bertz CT molecular complexity index is 1290. The molecule has 0 spiro atoms. The highest BCUT2D eigenvalue weighted by molar-refractivity contribution is 6.00. The summed E-state index contributed by atoms with van der Waals surface area (Å²) in [5.41, 5.74) is 4.82. The molecule has 0 aliphatic carbocycles. The third kappa shape index (κ3) is 5.75. The standard InChI is InChI=1S/C31H33N3O3/c1-2-37-27-14-12-26(13-15-27)31(16-20-36-21-17-31)23-32-30(35)29-7-4-3-6-28(29)25-10-8-24(9-11-25)22-34-19-5-18-33-34/h3-15,18-19H,2,16-17,20-23H2,1H3,(H,32,35). The van der Waals surface area contributed by atoms with Gasteiger partial charge >= 0.3 is 0 Å². The van der Waals surface area contributed by atoms with Gasteiger partial charge in [0.2, 0.25) is 0 Å². The summed E-state index contributed by atoms with van der Waals surface area (Å²) in [6.07, 6.45) is 5.46. The summed E-state index contributed by atoms with van der Waals surface area (Å²) in [7, 11) is 0. The molecule has 6 nitrogen and oxygen atoms in total. The topological polar surface area (TPSA) is 65.4 Å². The lowest BCUT2D eigenvalue weighted by Gasteiger charge is -2.38. The molecule has 4 aromatic rings. The monoisotopic (exact) mass is 495 g/mol. The number of carbonyl (C=O) groups is 1. The highest BCUT2D eigenvalue weighted by atomic mass is 16.5. The van der Waals surface area contributed by atoms with E-state index in [4.69, 9.17) is 9.47 Å². The third-order valence-corrected chi connectivity index (χ3v) is 7.16. The normalized spacial score (nSPS) is 14.7. The Balaban J connectivity index is 1.33. The minimum Gasteiger partial charge on any atom is -0.494 e. The lowest BCUT2D eigenvalue weighted by Crippen LogP contribution is -2.44. The molecule has 2 heterocycles. The van der Waals surface area contributed by atoms with Crippen molar-refractivity contribution in [3.8, 4) is 16.9 Å². The molecule has 5 rings (SSSR count). The molecule has 1 aromatic heterocycles. The molecular formula is C31H33N3O3. The Labute approximate surface area is 218 Å². The molecule has 1 N–H and O–H groups in total. The lowest BCUT2D eigenvalue weighted by molar-refractivity contribution is 0.0487. The van der Waals surface area contributed by atoms with Gasteiger partial charge in [-0.3, -0.25) is 9.48 Å². The number of carbonyl (C=O) groups excluding carboxylic acids is 1. The Morgan fingerprint density at radius 1 is 1.00 bits per heavy atom. The molecule has 1 fully saturated rings. The van der Waals surface area contributed by atoms with Gasteiger partial charge in [-0.2, -0.15) is 5.10 Å². The van der Waals surface area contributed by atoms with E-state index < -0.39 is 0 Å². The van der Waals surface area contributed by atoms with Crippen LogP contribution in [-0.2, 0) is 16.7 Å².